The molecule has 1 unspecified atom stereocenters. The third kappa shape index (κ3) is 8.11. The summed E-state index contributed by atoms with van der Waals surface area (Å²) in [7, 11) is 3.58. The second-order valence-corrected chi connectivity index (χ2v) is 10.4. The highest BCUT2D eigenvalue weighted by Crippen LogP contribution is 2.12. The first-order chi connectivity index (χ1) is 17.7. The minimum atomic E-state index is -0.551. The van der Waals surface area contributed by atoms with Gasteiger partial charge >= 0.3 is 11.7 Å². The number of nitrogens with zero attached hydrogens (tertiary/aromatic N) is 4. The maximum Gasteiger partial charge on any atom is 0.342 e. The number of esters is 1. The van der Waals surface area contributed by atoms with Crippen molar-refractivity contribution in [1.82, 2.24) is 13.4 Å². The van der Waals surface area contributed by atoms with Crippen LogP contribution in [0.15, 0.2) is 58.3 Å². The van der Waals surface area contributed by atoms with E-state index in [-0.39, 0.29) is 18.1 Å². The minimum absolute atomic E-state index is 0.108. The molecular weight excluding hydrogens is 537 g/mol. The van der Waals surface area contributed by atoms with Gasteiger partial charge in [0.1, 0.15) is 6.04 Å². The highest BCUT2D eigenvalue weighted by molar-refractivity contribution is 7.03. The lowest BCUT2D eigenvalue weighted by Gasteiger charge is -2.22. The molecular formula is C25H29Cl2N5O4S. The number of amides is 1. The molecule has 9 nitrogen and oxygen atoms in total. The van der Waals surface area contributed by atoms with E-state index in [1.165, 1.54) is 8.52 Å². The van der Waals surface area contributed by atoms with Crippen molar-refractivity contribution in [2.24, 2.45) is 10.7 Å². The van der Waals surface area contributed by atoms with Crippen LogP contribution in [0, 0.1) is 0 Å². The van der Waals surface area contributed by atoms with Gasteiger partial charge in [-0.2, -0.15) is 4.99 Å². The van der Waals surface area contributed by atoms with E-state index in [0.717, 1.165) is 29.9 Å². The Kier molecular flexibility index (Phi) is 10.7. The first-order valence-corrected chi connectivity index (χ1v) is 13.2. The van der Waals surface area contributed by atoms with Gasteiger partial charge in [0.25, 0.3) is 5.91 Å². The number of hydrogen-bond donors (Lipinski definition) is 1. The van der Waals surface area contributed by atoms with Crippen LogP contribution in [0.1, 0.15) is 35.2 Å². The van der Waals surface area contributed by atoms with Gasteiger partial charge in [0.15, 0.2) is 6.73 Å². The average Bonchev–Trinajstić information content (AvgIpc) is 3.15. The highest BCUT2D eigenvalue weighted by atomic mass is 35.5. The molecule has 37 heavy (non-hydrogen) atoms. The lowest BCUT2D eigenvalue weighted by atomic mass is 10.1. The predicted molar refractivity (Wildman–Crippen MR) is 145 cm³/mol. The topological polar surface area (TPSA) is 112 Å². The number of hydrogen-bond acceptors (Lipinski definition) is 7. The Labute approximate surface area is 228 Å². The van der Waals surface area contributed by atoms with Crippen molar-refractivity contribution < 1.29 is 14.3 Å². The molecule has 1 amide bonds. The molecule has 0 bridgehead atoms. The summed E-state index contributed by atoms with van der Waals surface area (Å²) < 4.78 is 8.14. The number of nitrogens with two attached hydrogens (primary N) is 1. The third-order valence-corrected chi connectivity index (χ3v) is 7.04. The van der Waals surface area contributed by atoms with E-state index in [9.17, 15) is 14.4 Å². The summed E-state index contributed by atoms with van der Waals surface area (Å²) in [6, 6.07) is 12.8. The molecule has 0 aliphatic rings. The number of ether oxygens (including phenoxy) is 1. The largest absolute Gasteiger partial charge is 0.442 e. The van der Waals surface area contributed by atoms with Gasteiger partial charge in [-0.3, -0.25) is 14.5 Å². The van der Waals surface area contributed by atoms with Crippen molar-refractivity contribution >= 4 is 46.6 Å². The normalized spacial score (nSPS) is 12.6. The van der Waals surface area contributed by atoms with E-state index < -0.39 is 23.6 Å². The average molecular weight is 567 g/mol. The zero-order valence-electron chi connectivity index (χ0n) is 20.6. The molecule has 0 spiro atoms. The molecule has 3 aromatic rings. The zero-order chi connectivity index (χ0) is 26.9. The minimum Gasteiger partial charge on any atom is -0.442 e. The first-order valence-electron chi connectivity index (χ1n) is 11.6. The third-order valence-electron chi connectivity index (χ3n) is 5.56. The number of carbonyl (C=O) groups excluding carboxylic acids is 2. The molecule has 0 saturated heterocycles. The lowest BCUT2D eigenvalue weighted by molar-refractivity contribution is -0.153. The molecule has 0 fully saturated rings. The molecule has 12 heteroatoms. The van der Waals surface area contributed by atoms with Crippen LogP contribution in [-0.2, 0) is 22.8 Å². The number of rotatable bonds is 11. The van der Waals surface area contributed by atoms with E-state index in [2.05, 4.69) is 4.99 Å². The quantitative estimate of drug-likeness (QED) is 0.282. The predicted octanol–water partition coefficient (Wildman–Crippen LogP) is 3.37. The Bertz CT molecular complexity index is 1330. The highest BCUT2D eigenvalue weighted by Gasteiger charge is 2.23. The molecule has 1 heterocycles. The Balaban J connectivity index is 1.91. The number of unbranched alkanes of at least 4 members (excludes halogenated alkanes) is 1. The smallest absolute Gasteiger partial charge is 0.342 e. The van der Waals surface area contributed by atoms with Crippen LogP contribution in [-0.4, -0.2) is 52.0 Å². The van der Waals surface area contributed by atoms with Crippen LogP contribution in [0.5, 0.6) is 0 Å². The Hall–Kier alpha value is -2.76. The summed E-state index contributed by atoms with van der Waals surface area (Å²) in [5.41, 5.74) is 6.25. The second kappa shape index (κ2) is 13.7. The number of halogens is 2. The number of likely N-dealkylation sites (N-methyl/N-ethyl adjacent to an activating group) is 1. The van der Waals surface area contributed by atoms with Crippen LogP contribution < -0.4 is 16.2 Å². The van der Waals surface area contributed by atoms with Gasteiger partial charge in [0, 0.05) is 15.6 Å². The fourth-order valence-corrected chi connectivity index (χ4v) is 4.68. The summed E-state index contributed by atoms with van der Waals surface area (Å²) in [6.07, 6.45) is 2.14. The summed E-state index contributed by atoms with van der Waals surface area (Å²) >= 11 is 12.9. The van der Waals surface area contributed by atoms with Crippen LogP contribution in [0.25, 0.3) is 0 Å². The first kappa shape index (κ1) is 28.8. The summed E-state index contributed by atoms with van der Waals surface area (Å²) in [6.45, 7) is 0.397. The van der Waals surface area contributed by atoms with Crippen molar-refractivity contribution in [2.75, 3.05) is 20.6 Å². The number of benzene rings is 2. The van der Waals surface area contributed by atoms with Gasteiger partial charge in [0.2, 0.25) is 4.80 Å². The molecule has 1 aromatic heterocycles. The van der Waals surface area contributed by atoms with E-state index in [1.807, 2.05) is 0 Å². The van der Waals surface area contributed by atoms with Gasteiger partial charge in [-0.1, -0.05) is 41.8 Å². The van der Waals surface area contributed by atoms with E-state index in [1.54, 1.807) is 67.5 Å². The Morgan fingerprint density at radius 3 is 2.27 bits per heavy atom. The SMILES string of the molecule is CN(C)C(CCCCN)C(=O)OCn1c(=NC(=O)c2ccc(Cl)cc2)sn(Cc2ccc(Cl)cc2)c1=O. The Morgan fingerprint density at radius 2 is 1.68 bits per heavy atom. The molecule has 0 aliphatic heterocycles. The van der Waals surface area contributed by atoms with Crippen molar-refractivity contribution in [2.45, 2.75) is 38.6 Å². The maximum atomic E-state index is 13.3. The van der Waals surface area contributed by atoms with Crippen molar-refractivity contribution in [3.8, 4) is 0 Å². The van der Waals surface area contributed by atoms with Crippen LogP contribution in [0.2, 0.25) is 10.0 Å². The standard InChI is InChI=1S/C25H29Cl2N5O4S/c1-30(2)21(5-3-4-14-28)23(34)36-16-31-24(29-22(33)18-8-12-20(27)13-9-18)37-32(25(31)35)15-17-6-10-19(26)11-7-17/h6-13,21H,3-5,14-16,28H2,1-2H3. The molecule has 0 radical (unpaired) electrons. The molecule has 3 rings (SSSR count). The van der Waals surface area contributed by atoms with Gasteiger partial charge < -0.3 is 10.5 Å². The van der Waals surface area contributed by atoms with Gasteiger partial charge in [0.05, 0.1) is 6.54 Å². The fourth-order valence-electron chi connectivity index (χ4n) is 3.49. The number of aromatic nitrogens is 2. The lowest BCUT2D eigenvalue weighted by Crippen LogP contribution is -2.39. The fraction of sp³-hybridized carbons (Fsp3) is 0.360. The van der Waals surface area contributed by atoms with Crippen LogP contribution in [0.4, 0.5) is 0 Å². The van der Waals surface area contributed by atoms with Crippen LogP contribution >= 0.6 is 34.7 Å². The molecule has 1 atom stereocenters. The van der Waals surface area contributed by atoms with Gasteiger partial charge in [-0.05, 0) is 87.0 Å². The van der Waals surface area contributed by atoms with Gasteiger partial charge in [-0.15, -0.1) is 0 Å². The molecule has 0 aliphatic carbocycles. The summed E-state index contributed by atoms with van der Waals surface area (Å²) in [5.74, 6) is -1.02. The zero-order valence-corrected chi connectivity index (χ0v) is 22.9. The maximum absolute atomic E-state index is 13.3. The molecule has 198 valence electrons. The van der Waals surface area contributed by atoms with Crippen LogP contribution in [0.3, 0.4) is 0 Å². The summed E-state index contributed by atoms with van der Waals surface area (Å²) in [4.78, 5) is 44.9. The molecule has 2 aromatic carbocycles. The van der Waals surface area contributed by atoms with E-state index in [0.29, 0.717) is 28.6 Å². The monoisotopic (exact) mass is 565 g/mol. The van der Waals surface area contributed by atoms with E-state index >= 15 is 0 Å². The van der Waals surface area contributed by atoms with Gasteiger partial charge in [-0.25, -0.2) is 13.3 Å². The number of carbonyl (C=O) groups is 2. The molecule has 0 saturated carbocycles. The molecule has 2 N–H and O–H groups in total. The second-order valence-electron chi connectivity index (χ2n) is 8.53. The van der Waals surface area contributed by atoms with E-state index in [4.69, 9.17) is 33.7 Å². The van der Waals surface area contributed by atoms with Crippen molar-refractivity contribution in [1.29, 1.82) is 0 Å². The van der Waals surface area contributed by atoms with Crippen molar-refractivity contribution in [3.63, 3.8) is 0 Å². The summed E-state index contributed by atoms with van der Waals surface area (Å²) in [5, 5.41) is 1.06. The Morgan fingerprint density at radius 1 is 1.05 bits per heavy atom. The van der Waals surface area contributed by atoms with Crippen molar-refractivity contribution in [3.05, 3.63) is 85.0 Å².